The maximum Gasteiger partial charge on any atom is 0.472 e. The van der Waals surface area contributed by atoms with Crippen LogP contribution in [0.25, 0.3) is 0 Å². The van der Waals surface area contributed by atoms with E-state index in [0.29, 0.717) is 19.8 Å². The van der Waals surface area contributed by atoms with Crippen molar-refractivity contribution >= 4 is 7.82 Å². The quantitative estimate of drug-likeness (QED) is 0.0517. The predicted molar refractivity (Wildman–Crippen MR) is 183 cm³/mol. The highest BCUT2D eigenvalue weighted by Gasteiger charge is 2.23. The first-order valence-corrected chi connectivity index (χ1v) is 20.1. The van der Waals surface area contributed by atoms with E-state index in [1.54, 1.807) is 0 Å². The molecular weight excluding hydrogens is 561 g/mol. The molecule has 0 bridgehead atoms. The Morgan fingerprint density at radius 3 is 1.28 bits per heavy atom. The lowest BCUT2D eigenvalue weighted by Gasteiger charge is -2.20. The van der Waals surface area contributed by atoms with Gasteiger partial charge in [0.2, 0.25) is 0 Å². The number of ether oxygens (including phenoxy) is 2. The van der Waals surface area contributed by atoms with Gasteiger partial charge in [0.1, 0.15) is 6.10 Å². The minimum Gasteiger partial charge on any atom is -0.379 e. The maximum atomic E-state index is 12.1. The summed E-state index contributed by atoms with van der Waals surface area (Å²) in [7, 11) is -4.13. The Balaban J connectivity index is 3.91. The van der Waals surface area contributed by atoms with Gasteiger partial charge in [-0.2, -0.15) is 0 Å². The van der Waals surface area contributed by atoms with E-state index in [0.717, 1.165) is 19.3 Å². The van der Waals surface area contributed by atoms with Crippen LogP contribution in [0.4, 0.5) is 0 Å². The molecule has 0 aliphatic carbocycles. The molecular formula is C35H74NO6P. The van der Waals surface area contributed by atoms with Crippen molar-refractivity contribution < 1.29 is 28.0 Å². The second-order valence-electron chi connectivity index (χ2n) is 12.4. The van der Waals surface area contributed by atoms with Gasteiger partial charge in [-0.25, -0.2) is 4.57 Å². The summed E-state index contributed by atoms with van der Waals surface area (Å²) in [6.45, 7) is 6.29. The summed E-state index contributed by atoms with van der Waals surface area (Å²) in [6.07, 6.45) is 33.8. The molecule has 0 amide bonds. The van der Waals surface area contributed by atoms with E-state index < -0.39 is 7.82 Å². The van der Waals surface area contributed by atoms with Crippen LogP contribution in [0, 0.1) is 0 Å². The first-order valence-electron chi connectivity index (χ1n) is 18.6. The van der Waals surface area contributed by atoms with Crippen molar-refractivity contribution in [2.24, 2.45) is 5.73 Å². The van der Waals surface area contributed by atoms with Crippen molar-refractivity contribution in [1.29, 1.82) is 0 Å². The minimum absolute atomic E-state index is 0.0200. The number of hydrogen-bond donors (Lipinski definition) is 2. The highest BCUT2D eigenvalue weighted by Crippen LogP contribution is 2.43. The van der Waals surface area contributed by atoms with Gasteiger partial charge in [0, 0.05) is 19.8 Å². The molecule has 0 spiro atoms. The molecule has 0 radical (unpaired) electrons. The standard InChI is InChI=1S/C35H74NO6P/c1-3-5-7-9-11-13-15-17-19-21-23-25-27-30-39-33-35(34-42-43(37,38)41-32-29-36)40-31-28-26-24-22-20-18-16-14-12-10-8-6-4-2/h35H,3-34,36H2,1-2H3,(H,37,38). The zero-order valence-corrected chi connectivity index (χ0v) is 29.6. The van der Waals surface area contributed by atoms with Gasteiger partial charge in [-0.1, -0.05) is 168 Å². The Kier molecular flexibility index (Phi) is 34.8. The SMILES string of the molecule is CCCCCCCCCCCCCCCOCC(COP(=O)(O)OCCN)OCCCCCCCCCCCCCCC. The summed E-state index contributed by atoms with van der Waals surface area (Å²) in [5.41, 5.74) is 5.37. The summed E-state index contributed by atoms with van der Waals surface area (Å²) < 4.78 is 33.9. The van der Waals surface area contributed by atoms with Crippen molar-refractivity contribution in [3.05, 3.63) is 0 Å². The van der Waals surface area contributed by atoms with Crippen LogP contribution < -0.4 is 5.73 Å². The van der Waals surface area contributed by atoms with E-state index in [-0.39, 0.29) is 25.9 Å². The molecule has 3 N–H and O–H groups in total. The largest absolute Gasteiger partial charge is 0.472 e. The Bertz CT molecular complexity index is 583. The monoisotopic (exact) mass is 636 g/mol. The fraction of sp³-hybridized carbons (Fsp3) is 1.00. The topological polar surface area (TPSA) is 100 Å². The number of unbranched alkanes of at least 4 members (excludes halogenated alkanes) is 24. The van der Waals surface area contributed by atoms with Crippen molar-refractivity contribution in [1.82, 2.24) is 0 Å². The van der Waals surface area contributed by atoms with Gasteiger partial charge in [0.25, 0.3) is 0 Å². The van der Waals surface area contributed by atoms with E-state index in [9.17, 15) is 9.46 Å². The summed E-state index contributed by atoms with van der Waals surface area (Å²) in [5, 5.41) is 0. The van der Waals surface area contributed by atoms with E-state index >= 15 is 0 Å². The van der Waals surface area contributed by atoms with Gasteiger partial charge >= 0.3 is 7.82 Å². The average Bonchev–Trinajstić information content (AvgIpc) is 3.00. The molecule has 0 heterocycles. The van der Waals surface area contributed by atoms with Gasteiger partial charge in [0.05, 0.1) is 19.8 Å². The minimum atomic E-state index is -4.13. The van der Waals surface area contributed by atoms with Gasteiger partial charge in [0.15, 0.2) is 0 Å². The molecule has 0 aromatic carbocycles. The summed E-state index contributed by atoms with van der Waals surface area (Å²) in [5.74, 6) is 0. The Morgan fingerprint density at radius 2 is 0.884 bits per heavy atom. The van der Waals surface area contributed by atoms with Crippen LogP contribution in [0.1, 0.15) is 181 Å². The lowest BCUT2D eigenvalue weighted by Crippen LogP contribution is -2.26. The van der Waals surface area contributed by atoms with E-state index in [4.69, 9.17) is 24.3 Å². The smallest absolute Gasteiger partial charge is 0.379 e. The highest BCUT2D eigenvalue weighted by atomic mass is 31.2. The molecule has 0 aliphatic rings. The molecule has 0 aromatic heterocycles. The molecule has 43 heavy (non-hydrogen) atoms. The molecule has 0 aliphatic heterocycles. The number of nitrogens with two attached hydrogens (primary N) is 1. The molecule has 260 valence electrons. The first-order chi connectivity index (χ1) is 21.1. The third-order valence-electron chi connectivity index (χ3n) is 8.09. The van der Waals surface area contributed by atoms with Crippen LogP contribution in [0.2, 0.25) is 0 Å². The van der Waals surface area contributed by atoms with Crippen LogP contribution in [-0.2, 0) is 23.1 Å². The average molecular weight is 636 g/mol. The van der Waals surface area contributed by atoms with Crippen molar-refractivity contribution in [2.75, 3.05) is 39.6 Å². The molecule has 2 unspecified atom stereocenters. The molecule has 0 saturated carbocycles. The van der Waals surface area contributed by atoms with Crippen molar-refractivity contribution in [2.45, 2.75) is 187 Å². The number of phosphoric ester groups is 1. The lowest BCUT2D eigenvalue weighted by molar-refractivity contribution is -0.0443. The second kappa shape index (κ2) is 34.9. The summed E-state index contributed by atoms with van der Waals surface area (Å²) in [4.78, 5) is 9.85. The van der Waals surface area contributed by atoms with E-state index in [1.807, 2.05) is 0 Å². The fourth-order valence-electron chi connectivity index (χ4n) is 5.33. The number of phosphoric acid groups is 1. The Labute approximate surface area is 267 Å². The van der Waals surface area contributed by atoms with Crippen molar-refractivity contribution in [3.8, 4) is 0 Å². The maximum absolute atomic E-state index is 12.1. The van der Waals surface area contributed by atoms with Crippen LogP contribution in [-0.4, -0.2) is 50.6 Å². The predicted octanol–water partition coefficient (Wildman–Crippen LogP) is 10.7. The van der Waals surface area contributed by atoms with Crippen LogP contribution >= 0.6 is 7.82 Å². The number of rotatable bonds is 37. The van der Waals surface area contributed by atoms with Gasteiger partial charge in [-0.05, 0) is 12.8 Å². The fourth-order valence-corrected chi connectivity index (χ4v) is 6.10. The van der Waals surface area contributed by atoms with Crippen LogP contribution in [0.15, 0.2) is 0 Å². The highest BCUT2D eigenvalue weighted by molar-refractivity contribution is 7.47. The molecule has 0 fully saturated rings. The number of hydrogen-bond acceptors (Lipinski definition) is 6. The lowest BCUT2D eigenvalue weighted by atomic mass is 10.0. The zero-order valence-electron chi connectivity index (χ0n) is 28.7. The first kappa shape index (κ1) is 43.0. The third kappa shape index (κ3) is 34.7. The third-order valence-corrected chi connectivity index (χ3v) is 9.08. The van der Waals surface area contributed by atoms with Crippen LogP contribution in [0.5, 0.6) is 0 Å². The molecule has 7 nitrogen and oxygen atoms in total. The molecule has 0 aromatic rings. The molecule has 2 atom stereocenters. The normalized spacial score (nSPS) is 13.9. The summed E-state index contributed by atoms with van der Waals surface area (Å²) >= 11 is 0. The van der Waals surface area contributed by atoms with Gasteiger partial charge in [-0.15, -0.1) is 0 Å². The Morgan fingerprint density at radius 1 is 0.512 bits per heavy atom. The Hall–Kier alpha value is -0.0100. The van der Waals surface area contributed by atoms with Gasteiger partial charge in [-0.3, -0.25) is 9.05 Å². The molecule has 8 heteroatoms. The van der Waals surface area contributed by atoms with E-state index in [1.165, 1.54) is 148 Å². The second-order valence-corrected chi connectivity index (χ2v) is 13.9. The van der Waals surface area contributed by atoms with Gasteiger partial charge < -0.3 is 20.1 Å². The summed E-state index contributed by atoms with van der Waals surface area (Å²) in [6, 6.07) is 0. The van der Waals surface area contributed by atoms with Crippen molar-refractivity contribution in [3.63, 3.8) is 0 Å². The molecule has 0 saturated heterocycles. The van der Waals surface area contributed by atoms with Crippen LogP contribution in [0.3, 0.4) is 0 Å². The zero-order chi connectivity index (χ0) is 31.5. The van der Waals surface area contributed by atoms with E-state index in [2.05, 4.69) is 13.8 Å². The molecule has 0 rings (SSSR count).